The van der Waals surface area contributed by atoms with E-state index in [2.05, 4.69) is 21.2 Å². The SMILES string of the molecule is O=C(CN1CCCCCC1=O)NCc1cc(Br)ccc1F. The van der Waals surface area contributed by atoms with Crippen molar-refractivity contribution in [2.45, 2.75) is 32.2 Å². The molecule has 1 N–H and O–H groups in total. The van der Waals surface area contributed by atoms with Crippen molar-refractivity contribution in [1.29, 1.82) is 0 Å². The van der Waals surface area contributed by atoms with Gasteiger partial charge in [0.25, 0.3) is 0 Å². The summed E-state index contributed by atoms with van der Waals surface area (Å²) in [4.78, 5) is 25.3. The van der Waals surface area contributed by atoms with E-state index >= 15 is 0 Å². The zero-order valence-corrected chi connectivity index (χ0v) is 13.3. The van der Waals surface area contributed by atoms with Gasteiger partial charge in [-0.1, -0.05) is 22.4 Å². The van der Waals surface area contributed by atoms with E-state index in [-0.39, 0.29) is 30.7 Å². The molecule has 2 rings (SSSR count). The lowest BCUT2D eigenvalue weighted by Crippen LogP contribution is -2.40. The lowest BCUT2D eigenvalue weighted by Gasteiger charge is -2.19. The molecule has 0 radical (unpaired) electrons. The Hall–Kier alpha value is -1.43. The number of hydrogen-bond donors (Lipinski definition) is 1. The molecule has 1 fully saturated rings. The maximum absolute atomic E-state index is 13.6. The molecule has 0 spiro atoms. The Labute approximate surface area is 131 Å². The van der Waals surface area contributed by atoms with Gasteiger partial charge in [0.2, 0.25) is 11.8 Å². The largest absolute Gasteiger partial charge is 0.350 e. The Morgan fingerprint density at radius 2 is 2.14 bits per heavy atom. The highest BCUT2D eigenvalue weighted by molar-refractivity contribution is 9.10. The molecule has 2 amide bonds. The topological polar surface area (TPSA) is 49.4 Å². The minimum atomic E-state index is -0.357. The van der Waals surface area contributed by atoms with Gasteiger partial charge in [0.15, 0.2) is 0 Å². The average molecular weight is 357 g/mol. The number of nitrogens with zero attached hydrogens (tertiary/aromatic N) is 1. The Morgan fingerprint density at radius 1 is 1.33 bits per heavy atom. The van der Waals surface area contributed by atoms with Gasteiger partial charge in [0.05, 0.1) is 6.54 Å². The van der Waals surface area contributed by atoms with Crippen LogP contribution in [0.15, 0.2) is 22.7 Å². The van der Waals surface area contributed by atoms with Gasteiger partial charge in [0.1, 0.15) is 5.82 Å². The van der Waals surface area contributed by atoms with Crippen LogP contribution < -0.4 is 5.32 Å². The van der Waals surface area contributed by atoms with Gasteiger partial charge < -0.3 is 10.2 Å². The molecule has 1 aromatic rings. The Morgan fingerprint density at radius 3 is 2.95 bits per heavy atom. The number of carbonyl (C=O) groups is 2. The van der Waals surface area contributed by atoms with Crippen LogP contribution in [-0.4, -0.2) is 29.8 Å². The summed E-state index contributed by atoms with van der Waals surface area (Å²) in [7, 11) is 0. The molecule has 1 aliphatic heterocycles. The second-order valence-electron chi connectivity index (χ2n) is 5.14. The van der Waals surface area contributed by atoms with E-state index in [0.717, 1.165) is 23.7 Å². The van der Waals surface area contributed by atoms with Crippen LogP contribution in [0, 0.1) is 5.82 Å². The lowest BCUT2D eigenvalue weighted by molar-refractivity contribution is -0.135. The second-order valence-corrected chi connectivity index (χ2v) is 6.05. The highest BCUT2D eigenvalue weighted by atomic mass is 79.9. The van der Waals surface area contributed by atoms with Crippen LogP contribution in [0.3, 0.4) is 0 Å². The molecule has 6 heteroatoms. The number of halogens is 2. The van der Waals surface area contributed by atoms with Crippen LogP contribution in [0.1, 0.15) is 31.2 Å². The molecule has 0 unspecified atom stereocenters. The smallest absolute Gasteiger partial charge is 0.239 e. The maximum Gasteiger partial charge on any atom is 0.239 e. The predicted octanol–water partition coefficient (Wildman–Crippen LogP) is 2.61. The van der Waals surface area contributed by atoms with Crippen molar-refractivity contribution >= 4 is 27.7 Å². The summed E-state index contributed by atoms with van der Waals surface area (Å²) < 4.78 is 14.3. The Bertz CT molecular complexity index is 536. The van der Waals surface area contributed by atoms with Crippen molar-refractivity contribution in [1.82, 2.24) is 10.2 Å². The van der Waals surface area contributed by atoms with Gasteiger partial charge in [-0.15, -0.1) is 0 Å². The van der Waals surface area contributed by atoms with E-state index in [1.165, 1.54) is 6.07 Å². The first-order chi connectivity index (χ1) is 10.1. The zero-order chi connectivity index (χ0) is 15.2. The Balaban J connectivity index is 1.86. The molecule has 4 nitrogen and oxygen atoms in total. The molecular formula is C15H18BrFN2O2. The van der Waals surface area contributed by atoms with Crippen molar-refractivity contribution in [3.05, 3.63) is 34.1 Å². The molecular weight excluding hydrogens is 339 g/mol. The third-order valence-electron chi connectivity index (χ3n) is 3.49. The van der Waals surface area contributed by atoms with Crippen molar-refractivity contribution in [2.24, 2.45) is 0 Å². The quantitative estimate of drug-likeness (QED) is 0.901. The molecule has 1 aromatic carbocycles. The van der Waals surface area contributed by atoms with Crippen molar-refractivity contribution in [3.63, 3.8) is 0 Å². The van der Waals surface area contributed by atoms with E-state index in [1.807, 2.05) is 0 Å². The first-order valence-electron chi connectivity index (χ1n) is 7.04. The molecule has 0 aliphatic carbocycles. The zero-order valence-electron chi connectivity index (χ0n) is 11.7. The summed E-state index contributed by atoms with van der Waals surface area (Å²) in [5.41, 5.74) is 0.417. The molecule has 21 heavy (non-hydrogen) atoms. The molecule has 0 saturated carbocycles. The number of likely N-dealkylation sites (tertiary alicyclic amines) is 1. The lowest BCUT2D eigenvalue weighted by atomic mass is 10.2. The monoisotopic (exact) mass is 356 g/mol. The van der Waals surface area contributed by atoms with Crippen LogP contribution >= 0.6 is 15.9 Å². The third kappa shape index (κ3) is 4.81. The highest BCUT2D eigenvalue weighted by Gasteiger charge is 2.19. The van der Waals surface area contributed by atoms with E-state index in [4.69, 9.17) is 0 Å². The standard InChI is InChI=1S/C15H18BrFN2O2/c16-12-5-6-13(17)11(8-12)9-18-14(20)10-19-7-3-1-2-4-15(19)21/h5-6,8H,1-4,7,9-10H2,(H,18,20). The summed E-state index contributed by atoms with van der Waals surface area (Å²) in [5, 5.41) is 2.66. The molecule has 1 aliphatic rings. The van der Waals surface area contributed by atoms with Crippen LogP contribution in [0.4, 0.5) is 4.39 Å². The van der Waals surface area contributed by atoms with E-state index in [0.29, 0.717) is 18.5 Å². The van der Waals surface area contributed by atoms with Crippen molar-refractivity contribution < 1.29 is 14.0 Å². The molecule has 1 heterocycles. The fraction of sp³-hybridized carbons (Fsp3) is 0.467. The number of hydrogen-bond acceptors (Lipinski definition) is 2. The van der Waals surface area contributed by atoms with Crippen molar-refractivity contribution in [3.8, 4) is 0 Å². The maximum atomic E-state index is 13.6. The van der Waals surface area contributed by atoms with E-state index < -0.39 is 0 Å². The number of nitrogens with one attached hydrogen (secondary N) is 1. The number of carbonyl (C=O) groups excluding carboxylic acids is 2. The van der Waals surface area contributed by atoms with Crippen LogP contribution in [-0.2, 0) is 16.1 Å². The predicted molar refractivity (Wildman–Crippen MR) is 81.0 cm³/mol. The normalized spacial score (nSPS) is 15.7. The second kappa shape index (κ2) is 7.54. The van der Waals surface area contributed by atoms with E-state index in [1.54, 1.807) is 17.0 Å². The van der Waals surface area contributed by atoms with Crippen LogP contribution in [0.25, 0.3) is 0 Å². The summed E-state index contributed by atoms with van der Waals surface area (Å²) in [6.07, 6.45) is 3.35. The number of rotatable bonds is 4. The fourth-order valence-electron chi connectivity index (χ4n) is 2.31. The Kier molecular flexibility index (Phi) is 5.73. The summed E-state index contributed by atoms with van der Waals surface area (Å²) in [6, 6.07) is 4.59. The summed E-state index contributed by atoms with van der Waals surface area (Å²) in [5.74, 6) is -0.592. The van der Waals surface area contributed by atoms with Gasteiger partial charge in [-0.2, -0.15) is 0 Å². The first kappa shape index (κ1) is 15.9. The summed E-state index contributed by atoms with van der Waals surface area (Å²) >= 11 is 3.27. The molecule has 0 bridgehead atoms. The average Bonchev–Trinajstić information content (AvgIpc) is 2.65. The minimum absolute atomic E-state index is 0.0243. The van der Waals surface area contributed by atoms with Gasteiger partial charge in [0, 0.05) is 29.5 Å². The van der Waals surface area contributed by atoms with E-state index in [9.17, 15) is 14.0 Å². The van der Waals surface area contributed by atoms with Gasteiger partial charge >= 0.3 is 0 Å². The number of amides is 2. The van der Waals surface area contributed by atoms with Crippen LogP contribution in [0.2, 0.25) is 0 Å². The van der Waals surface area contributed by atoms with Crippen LogP contribution in [0.5, 0.6) is 0 Å². The molecule has 0 aromatic heterocycles. The molecule has 114 valence electrons. The highest BCUT2D eigenvalue weighted by Crippen LogP contribution is 2.15. The number of benzene rings is 1. The van der Waals surface area contributed by atoms with Gasteiger partial charge in [-0.25, -0.2) is 4.39 Å². The first-order valence-corrected chi connectivity index (χ1v) is 7.84. The summed E-state index contributed by atoms with van der Waals surface area (Å²) in [6.45, 7) is 0.790. The van der Waals surface area contributed by atoms with Crippen molar-refractivity contribution in [2.75, 3.05) is 13.1 Å². The molecule has 1 saturated heterocycles. The minimum Gasteiger partial charge on any atom is -0.350 e. The molecule has 0 atom stereocenters. The van der Waals surface area contributed by atoms with Gasteiger partial charge in [-0.05, 0) is 31.0 Å². The van der Waals surface area contributed by atoms with Gasteiger partial charge in [-0.3, -0.25) is 9.59 Å². The fourth-order valence-corrected chi connectivity index (χ4v) is 2.72. The third-order valence-corrected chi connectivity index (χ3v) is 3.98.